The van der Waals surface area contributed by atoms with Gasteiger partial charge in [0.05, 0.1) is 19.9 Å². The van der Waals surface area contributed by atoms with E-state index < -0.39 is 6.03 Å². The lowest BCUT2D eigenvalue weighted by Crippen LogP contribution is -2.24. The van der Waals surface area contributed by atoms with Gasteiger partial charge in [0, 0.05) is 17.3 Å². The highest BCUT2D eigenvalue weighted by Crippen LogP contribution is 2.24. The summed E-state index contributed by atoms with van der Waals surface area (Å²) >= 11 is 0. The number of rotatable bonds is 6. The number of methoxy groups -OCH3 is 1. The Morgan fingerprint density at radius 3 is 2.55 bits per heavy atom. The van der Waals surface area contributed by atoms with Crippen LogP contribution < -0.4 is 10.1 Å². The smallest absolute Gasteiger partial charge is 0.344 e. The van der Waals surface area contributed by atoms with Crippen LogP contribution in [0.2, 0.25) is 0 Å². The summed E-state index contributed by atoms with van der Waals surface area (Å²) in [6.07, 6.45) is 3.41. The second-order valence-electron chi connectivity index (χ2n) is 6.50. The Kier molecular flexibility index (Phi) is 5.07. The normalized spacial score (nSPS) is 13.9. The molecule has 0 bridgehead atoms. The van der Waals surface area contributed by atoms with Crippen molar-refractivity contribution >= 4 is 18.2 Å². The average molecular weight is 389 g/mol. The Hall–Kier alpha value is -3.94. The van der Waals surface area contributed by atoms with Gasteiger partial charge in [0.15, 0.2) is 0 Å². The maximum Gasteiger partial charge on any atom is 0.344 e. The molecular formula is C21H19N5O3. The Balaban J connectivity index is 1.67. The number of hydrogen-bond donors (Lipinski definition) is 1. The van der Waals surface area contributed by atoms with E-state index in [1.54, 1.807) is 13.3 Å². The molecule has 8 nitrogen and oxygen atoms in total. The highest BCUT2D eigenvalue weighted by atomic mass is 16.5. The van der Waals surface area contributed by atoms with Gasteiger partial charge in [0.1, 0.15) is 18.0 Å². The number of nitrogens with zero attached hydrogens (tertiary/aromatic N) is 4. The van der Waals surface area contributed by atoms with Crippen LogP contribution in [0.15, 0.2) is 65.9 Å². The van der Waals surface area contributed by atoms with Crippen molar-refractivity contribution in [3.8, 4) is 17.0 Å². The zero-order chi connectivity index (χ0) is 20.2. The van der Waals surface area contributed by atoms with E-state index in [0.717, 1.165) is 33.1 Å². The summed E-state index contributed by atoms with van der Waals surface area (Å²) in [7, 11) is 1.62. The number of nitrogens with one attached hydrogen (secondary N) is 1. The van der Waals surface area contributed by atoms with Crippen molar-refractivity contribution < 1.29 is 14.3 Å². The lowest BCUT2D eigenvalue weighted by molar-refractivity contribution is -0.118. The fraction of sp³-hybridized carbons (Fsp3) is 0.143. The number of hydrogen-bond acceptors (Lipinski definition) is 5. The zero-order valence-electron chi connectivity index (χ0n) is 15.8. The van der Waals surface area contributed by atoms with Gasteiger partial charge in [-0.25, -0.2) is 9.80 Å². The number of ether oxygens (including phenoxy) is 1. The summed E-state index contributed by atoms with van der Waals surface area (Å²) in [6, 6.07) is 17.0. The number of amides is 3. The summed E-state index contributed by atoms with van der Waals surface area (Å²) in [5, 5.41) is 12.2. The first kappa shape index (κ1) is 18.4. The number of carbonyl (C=O) groups is 2. The number of urea groups is 1. The monoisotopic (exact) mass is 389 g/mol. The number of aromatic nitrogens is 2. The molecule has 1 fully saturated rings. The lowest BCUT2D eigenvalue weighted by atomic mass is 10.1. The van der Waals surface area contributed by atoms with Crippen molar-refractivity contribution in [1.29, 1.82) is 0 Å². The third-order valence-electron chi connectivity index (χ3n) is 4.45. The van der Waals surface area contributed by atoms with Crippen molar-refractivity contribution in [2.75, 3.05) is 13.7 Å². The Morgan fingerprint density at radius 2 is 1.90 bits per heavy atom. The Morgan fingerprint density at radius 1 is 1.14 bits per heavy atom. The van der Waals surface area contributed by atoms with Crippen LogP contribution in [0, 0.1) is 0 Å². The molecule has 1 aliphatic rings. The minimum atomic E-state index is -0.533. The van der Waals surface area contributed by atoms with Crippen LogP contribution in [-0.2, 0) is 11.3 Å². The maximum atomic E-state index is 11.7. The highest BCUT2D eigenvalue weighted by Gasteiger charge is 2.26. The van der Waals surface area contributed by atoms with Crippen LogP contribution in [-0.4, -0.2) is 46.6 Å². The molecule has 0 atom stereocenters. The predicted octanol–water partition coefficient (Wildman–Crippen LogP) is 2.49. The molecular weight excluding hydrogens is 370 g/mol. The first-order valence-electron chi connectivity index (χ1n) is 9.03. The molecule has 1 N–H and O–H groups in total. The third-order valence-corrected chi connectivity index (χ3v) is 4.45. The van der Waals surface area contributed by atoms with Crippen molar-refractivity contribution in [3.05, 3.63) is 71.9 Å². The molecule has 3 amide bonds. The number of benzene rings is 2. The molecule has 8 heteroatoms. The molecule has 146 valence electrons. The number of hydrazone groups is 1. The fourth-order valence-electron chi connectivity index (χ4n) is 3.01. The van der Waals surface area contributed by atoms with E-state index in [9.17, 15) is 9.59 Å². The van der Waals surface area contributed by atoms with E-state index in [-0.39, 0.29) is 12.5 Å². The molecule has 2 heterocycles. The van der Waals surface area contributed by atoms with E-state index in [0.29, 0.717) is 6.54 Å². The third kappa shape index (κ3) is 4.16. The number of imide groups is 1. The van der Waals surface area contributed by atoms with Gasteiger partial charge in [-0.3, -0.25) is 14.8 Å². The quantitative estimate of drug-likeness (QED) is 0.518. The number of carbonyl (C=O) groups excluding carboxylic acids is 2. The summed E-state index contributed by atoms with van der Waals surface area (Å²) in [6.45, 7) is 0.506. The van der Waals surface area contributed by atoms with Gasteiger partial charge in [-0.1, -0.05) is 30.3 Å². The highest BCUT2D eigenvalue weighted by molar-refractivity contribution is 6.02. The summed E-state index contributed by atoms with van der Waals surface area (Å²) < 4.78 is 7.05. The molecule has 2 aromatic carbocycles. The van der Waals surface area contributed by atoms with Crippen LogP contribution in [0.25, 0.3) is 11.3 Å². The maximum absolute atomic E-state index is 11.7. The minimum Gasteiger partial charge on any atom is -0.497 e. The SMILES string of the molecule is COc1ccc(-c2nn(Cc3ccccc3)cc2/C=N\N2CC(=O)NC2=O)cc1. The van der Waals surface area contributed by atoms with Gasteiger partial charge in [-0.2, -0.15) is 10.2 Å². The van der Waals surface area contributed by atoms with E-state index >= 15 is 0 Å². The second-order valence-corrected chi connectivity index (χ2v) is 6.50. The van der Waals surface area contributed by atoms with Gasteiger partial charge in [0.2, 0.25) is 5.91 Å². The van der Waals surface area contributed by atoms with E-state index in [2.05, 4.69) is 10.4 Å². The molecule has 0 saturated carbocycles. The Labute approximate surface area is 167 Å². The summed E-state index contributed by atoms with van der Waals surface area (Å²) in [5.41, 5.74) is 3.46. The van der Waals surface area contributed by atoms with Crippen LogP contribution >= 0.6 is 0 Å². The molecule has 0 aliphatic carbocycles. The molecule has 0 radical (unpaired) electrons. The summed E-state index contributed by atoms with van der Waals surface area (Å²) in [4.78, 5) is 23.1. The zero-order valence-corrected chi connectivity index (χ0v) is 15.8. The van der Waals surface area contributed by atoms with Crippen LogP contribution in [0.5, 0.6) is 5.75 Å². The van der Waals surface area contributed by atoms with E-state index in [4.69, 9.17) is 9.84 Å². The van der Waals surface area contributed by atoms with E-state index in [1.165, 1.54) is 0 Å². The molecule has 3 aromatic rings. The van der Waals surface area contributed by atoms with E-state index in [1.807, 2.05) is 65.5 Å². The largest absolute Gasteiger partial charge is 0.497 e. The van der Waals surface area contributed by atoms with Gasteiger partial charge in [-0.15, -0.1) is 0 Å². The van der Waals surface area contributed by atoms with Crippen LogP contribution in [0.4, 0.5) is 4.79 Å². The lowest BCUT2D eigenvalue weighted by Gasteiger charge is -2.04. The first-order chi connectivity index (χ1) is 14.1. The van der Waals surface area contributed by atoms with Crippen LogP contribution in [0.1, 0.15) is 11.1 Å². The molecule has 0 spiro atoms. The van der Waals surface area contributed by atoms with Crippen LogP contribution in [0.3, 0.4) is 0 Å². The standard InChI is InChI=1S/C21H19N5O3/c1-29-18-9-7-16(8-10-18)20-17(11-22-26-14-19(27)23-21(26)28)13-25(24-20)12-15-5-3-2-4-6-15/h2-11,13H,12,14H2,1H3,(H,23,27,28)/b22-11-. The van der Waals surface area contributed by atoms with Crippen molar-refractivity contribution in [3.63, 3.8) is 0 Å². The molecule has 4 rings (SSSR count). The minimum absolute atomic E-state index is 0.0919. The summed E-state index contributed by atoms with van der Waals surface area (Å²) in [5.74, 6) is 0.377. The molecule has 1 aliphatic heterocycles. The first-order valence-corrected chi connectivity index (χ1v) is 9.03. The Bertz CT molecular complexity index is 1060. The van der Waals surface area contributed by atoms with Gasteiger partial charge >= 0.3 is 6.03 Å². The van der Waals surface area contributed by atoms with Gasteiger partial charge in [0.25, 0.3) is 0 Å². The molecule has 1 aromatic heterocycles. The van der Waals surface area contributed by atoms with Gasteiger partial charge < -0.3 is 4.74 Å². The molecule has 0 unspecified atom stereocenters. The fourth-order valence-corrected chi connectivity index (χ4v) is 3.01. The van der Waals surface area contributed by atoms with Crippen molar-refractivity contribution in [2.45, 2.75) is 6.54 Å². The molecule has 29 heavy (non-hydrogen) atoms. The van der Waals surface area contributed by atoms with Crippen molar-refractivity contribution in [1.82, 2.24) is 20.1 Å². The topological polar surface area (TPSA) is 88.8 Å². The van der Waals surface area contributed by atoms with Gasteiger partial charge in [-0.05, 0) is 29.8 Å². The average Bonchev–Trinajstić information content (AvgIpc) is 3.29. The predicted molar refractivity (Wildman–Crippen MR) is 108 cm³/mol. The second kappa shape index (κ2) is 7.97. The molecule has 1 saturated heterocycles. The van der Waals surface area contributed by atoms with Crippen molar-refractivity contribution in [2.24, 2.45) is 5.10 Å².